The summed E-state index contributed by atoms with van der Waals surface area (Å²) in [5.41, 5.74) is 0. The third-order valence-electron chi connectivity index (χ3n) is 2.92. The minimum Gasteiger partial charge on any atom is -0.338 e. The van der Waals surface area contributed by atoms with Crippen molar-refractivity contribution in [2.24, 2.45) is 0 Å². The lowest BCUT2D eigenvalue weighted by Crippen LogP contribution is -2.51. The van der Waals surface area contributed by atoms with Crippen molar-refractivity contribution in [3.63, 3.8) is 0 Å². The van der Waals surface area contributed by atoms with E-state index < -0.39 is 0 Å². The first-order valence-corrected chi connectivity index (χ1v) is 6.54. The highest BCUT2D eigenvalue weighted by molar-refractivity contribution is 5.74. The van der Waals surface area contributed by atoms with Crippen molar-refractivity contribution in [3.8, 4) is 0 Å². The molecule has 1 fully saturated rings. The van der Waals surface area contributed by atoms with Crippen molar-refractivity contribution >= 4 is 6.03 Å². The molecule has 0 spiro atoms. The highest BCUT2D eigenvalue weighted by Gasteiger charge is 2.22. The van der Waals surface area contributed by atoms with E-state index in [0.29, 0.717) is 6.04 Å². The quantitative estimate of drug-likeness (QED) is 0.749. The molecule has 1 rings (SSSR count). The van der Waals surface area contributed by atoms with Crippen molar-refractivity contribution in [2.45, 2.75) is 45.6 Å². The molecule has 16 heavy (non-hydrogen) atoms. The zero-order chi connectivity index (χ0) is 11.8. The first-order valence-electron chi connectivity index (χ1n) is 6.54. The molecule has 0 bridgehead atoms. The topological polar surface area (TPSA) is 44.4 Å². The lowest BCUT2D eigenvalue weighted by Gasteiger charge is -2.33. The monoisotopic (exact) mass is 227 g/mol. The number of likely N-dealkylation sites (tertiary alicyclic amines) is 1. The molecule has 1 atom stereocenters. The number of nitrogens with one attached hydrogen (secondary N) is 2. The van der Waals surface area contributed by atoms with Crippen molar-refractivity contribution in [1.29, 1.82) is 0 Å². The highest BCUT2D eigenvalue weighted by Crippen LogP contribution is 2.10. The van der Waals surface area contributed by atoms with Gasteiger partial charge in [0.15, 0.2) is 0 Å². The molecular weight excluding hydrogens is 202 g/mol. The van der Waals surface area contributed by atoms with E-state index >= 15 is 0 Å². The summed E-state index contributed by atoms with van der Waals surface area (Å²) in [5.74, 6) is 0. The molecule has 0 aromatic heterocycles. The van der Waals surface area contributed by atoms with Gasteiger partial charge in [0.1, 0.15) is 0 Å². The number of piperidine rings is 1. The molecule has 1 heterocycles. The molecule has 0 aliphatic carbocycles. The summed E-state index contributed by atoms with van der Waals surface area (Å²) in [7, 11) is 0. The number of carbonyl (C=O) groups excluding carboxylic acids is 1. The van der Waals surface area contributed by atoms with Crippen LogP contribution in [0.1, 0.15) is 39.5 Å². The van der Waals surface area contributed by atoms with Crippen molar-refractivity contribution in [2.75, 3.05) is 26.2 Å². The van der Waals surface area contributed by atoms with Gasteiger partial charge in [0.2, 0.25) is 0 Å². The lowest BCUT2D eigenvalue weighted by molar-refractivity contribution is 0.173. The predicted molar refractivity (Wildman–Crippen MR) is 66.6 cm³/mol. The van der Waals surface area contributed by atoms with Crippen molar-refractivity contribution in [3.05, 3.63) is 0 Å². The molecule has 0 radical (unpaired) electrons. The van der Waals surface area contributed by atoms with Crippen LogP contribution < -0.4 is 10.6 Å². The lowest BCUT2D eigenvalue weighted by atomic mass is 10.1. The van der Waals surface area contributed by atoms with Gasteiger partial charge in [-0.3, -0.25) is 0 Å². The highest BCUT2D eigenvalue weighted by atomic mass is 16.2. The second-order valence-electron chi connectivity index (χ2n) is 4.47. The summed E-state index contributed by atoms with van der Waals surface area (Å²) in [6.07, 6.45) is 4.45. The number of urea groups is 1. The van der Waals surface area contributed by atoms with E-state index in [1.54, 1.807) is 0 Å². The maximum Gasteiger partial charge on any atom is 0.317 e. The Morgan fingerprint density at radius 3 is 2.75 bits per heavy atom. The SMILES string of the molecule is CCCNC(=O)N1CCCC(NCCC)C1. The zero-order valence-corrected chi connectivity index (χ0v) is 10.6. The standard InChI is InChI=1S/C12H25N3O/c1-3-7-13-11-6-5-9-15(10-11)12(16)14-8-4-2/h11,13H,3-10H2,1-2H3,(H,14,16). The molecular formula is C12H25N3O. The summed E-state index contributed by atoms with van der Waals surface area (Å²) in [5, 5.41) is 6.43. The molecule has 1 aliphatic heterocycles. The Labute approximate surface area is 98.8 Å². The maximum atomic E-state index is 11.8. The van der Waals surface area contributed by atoms with Crippen molar-refractivity contribution in [1.82, 2.24) is 15.5 Å². The second-order valence-corrected chi connectivity index (χ2v) is 4.47. The third kappa shape index (κ3) is 4.39. The van der Waals surface area contributed by atoms with Crippen LogP contribution in [0, 0.1) is 0 Å². The van der Waals surface area contributed by atoms with E-state index in [2.05, 4.69) is 24.5 Å². The molecule has 94 valence electrons. The maximum absolute atomic E-state index is 11.8. The van der Waals surface area contributed by atoms with Gasteiger partial charge in [-0.1, -0.05) is 13.8 Å². The van der Waals surface area contributed by atoms with E-state index in [4.69, 9.17) is 0 Å². The number of amides is 2. The normalized spacial score (nSPS) is 20.9. The van der Waals surface area contributed by atoms with E-state index in [0.717, 1.165) is 45.4 Å². The largest absolute Gasteiger partial charge is 0.338 e. The summed E-state index contributed by atoms with van der Waals surface area (Å²) in [6.45, 7) is 7.83. The van der Waals surface area contributed by atoms with Crippen LogP contribution in [-0.4, -0.2) is 43.2 Å². The van der Waals surface area contributed by atoms with E-state index in [9.17, 15) is 4.79 Å². The number of rotatable bonds is 5. The molecule has 4 heteroatoms. The first-order chi connectivity index (χ1) is 7.77. The summed E-state index contributed by atoms with van der Waals surface area (Å²) >= 11 is 0. The smallest absolute Gasteiger partial charge is 0.317 e. The van der Waals surface area contributed by atoms with Crippen LogP contribution in [-0.2, 0) is 0 Å². The second kappa shape index (κ2) is 7.49. The third-order valence-corrected chi connectivity index (χ3v) is 2.92. The average molecular weight is 227 g/mol. The molecule has 1 unspecified atom stereocenters. The van der Waals surface area contributed by atoms with Gasteiger partial charge in [0.05, 0.1) is 0 Å². The van der Waals surface area contributed by atoms with Gasteiger partial charge >= 0.3 is 6.03 Å². The van der Waals surface area contributed by atoms with Crippen LogP contribution in [0.3, 0.4) is 0 Å². The molecule has 0 aromatic carbocycles. The Hall–Kier alpha value is -0.770. The minimum absolute atomic E-state index is 0.102. The van der Waals surface area contributed by atoms with Gasteiger partial charge in [0.25, 0.3) is 0 Å². The Kier molecular flexibility index (Phi) is 6.23. The Balaban J connectivity index is 2.28. The predicted octanol–water partition coefficient (Wildman–Crippen LogP) is 1.57. The Bertz CT molecular complexity index is 208. The minimum atomic E-state index is 0.102. The van der Waals surface area contributed by atoms with Gasteiger partial charge in [-0.05, 0) is 32.2 Å². The number of hydrogen-bond donors (Lipinski definition) is 2. The van der Waals surface area contributed by atoms with Crippen LogP contribution in [0.5, 0.6) is 0 Å². The van der Waals surface area contributed by atoms with E-state index in [1.807, 2.05) is 4.90 Å². The van der Waals surface area contributed by atoms with Gasteiger partial charge in [-0.2, -0.15) is 0 Å². The molecule has 2 amide bonds. The van der Waals surface area contributed by atoms with Crippen LogP contribution >= 0.6 is 0 Å². The molecule has 1 saturated heterocycles. The Morgan fingerprint density at radius 1 is 1.31 bits per heavy atom. The van der Waals surface area contributed by atoms with Crippen LogP contribution in [0.15, 0.2) is 0 Å². The average Bonchev–Trinajstić information content (AvgIpc) is 2.33. The Morgan fingerprint density at radius 2 is 2.06 bits per heavy atom. The summed E-state index contributed by atoms with van der Waals surface area (Å²) < 4.78 is 0. The molecule has 0 aromatic rings. The van der Waals surface area contributed by atoms with Crippen LogP contribution in [0.4, 0.5) is 4.79 Å². The fourth-order valence-corrected chi connectivity index (χ4v) is 2.02. The van der Waals surface area contributed by atoms with Crippen LogP contribution in [0.2, 0.25) is 0 Å². The molecule has 1 aliphatic rings. The molecule has 0 saturated carbocycles. The zero-order valence-electron chi connectivity index (χ0n) is 10.6. The van der Waals surface area contributed by atoms with E-state index in [1.165, 1.54) is 6.42 Å². The van der Waals surface area contributed by atoms with Gasteiger partial charge < -0.3 is 15.5 Å². The number of carbonyl (C=O) groups is 1. The molecule has 4 nitrogen and oxygen atoms in total. The van der Waals surface area contributed by atoms with Crippen molar-refractivity contribution < 1.29 is 4.79 Å². The fourth-order valence-electron chi connectivity index (χ4n) is 2.02. The summed E-state index contributed by atoms with van der Waals surface area (Å²) in [4.78, 5) is 13.7. The van der Waals surface area contributed by atoms with Gasteiger partial charge in [0, 0.05) is 25.7 Å². The first kappa shape index (κ1) is 13.3. The fraction of sp³-hybridized carbons (Fsp3) is 0.917. The van der Waals surface area contributed by atoms with Gasteiger partial charge in [-0.15, -0.1) is 0 Å². The van der Waals surface area contributed by atoms with Gasteiger partial charge in [-0.25, -0.2) is 4.79 Å². The van der Waals surface area contributed by atoms with Crippen LogP contribution in [0.25, 0.3) is 0 Å². The van der Waals surface area contributed by atoms with E-state index in [-0.39, 0.29) is 6.03 Å². The summed E-state index contributed by atoms with van der Waals surface area (Å²) in [6, 6.07) is 0.589. The number of nitrogens with zero attached hydrogens (tertiary/aromatic N) is 1. The number of hydrogen-bond acceptors (Lipinski definition) is 2. The molecule has 2 N–H and O–H groups in total.